The third-order valence-corrected chi connectivity index (χ3v) is 5.63. The smallest absolute Gasteiger partial charge is 0.325 e. The maximum atomic E-state index is 13.2. The van der Waals surface area contributed by atoms with Gasteiger partial charge in [0.05, 0.1) is 6.54 Å². The van der Waals surface area contributed by atoms with Gasteiger partial charge in [0.1, 0.15) is 5.54 Å². The number of carbonyl (C=O) groups is 2. The molecule has 0 aliphatic carbocycles. The number of benzene rings is 3. The Morgan fingerprint density at radius 1 is 0.900 bits per heavy atom. The lowest BCUT2D eigenvalue weighted by molar-refractivity contribution is -0.131. The Hall–Kier alpha value is -3.80. The summed E-state index contributed by atoms with van der Waals surface area (Å²) < 4.78 is 10.7. The van der Waals surface area contributed by atoms with E-state index in [0.29, 0.717) is 17.1 Å². The van der Waals surface area contributed by atoms with Crippen LogP contribution in [0.3, 0.4) is 0 Å². The van der Waals surface area contributed by atoms with Crippen molar-refractivity contribution in [2.75, 3.05) is 6.79 Å². The van der Waals surface area contributed by atoms with E-state index in [1.807, 2.05) is 54.6 Å². The van der Waals surface area contributed by atoms with Gasteiger partial charge < -0.3 is 14.8 Å². The molecule has 0 unspecified atom stereocenters. The van der Waals surface area contributed by atoms with Gasteiger partial charge in [-0.1, -0.05) is 60.7 Å². The van der Waals surface area contributed by atoms with E-state index in [1.165, 1.54) is 4.90 Å². The molecule has 2 heterocycles. The van der Waals surface area contributed by atoms with E-state index in [9.17, 15) is 9.59 Å². The summed E-state index contributed by atoms with van der Waals surface area (Å²) in [7, 11) is 0. The lowest BCUT2D eigenvalue weighted by atomic mass is 9.91. The molecule has 3 aromatic carbocycles. The molecule has 0 radical (unpaired) electrons. The van der Waals surface area contributed by atoms with E-state index in [-0.39, 0.29) is 19.2 Å². The van der Waals surface area contributed by atoms with Crippen LogP contribution in [0.15, 0.2) is 72.8 Å². The molecule has 3 aromatic rings. The van der Waals surface area contributed by atoms with E-state index < -0.39 is 11.6 Å². The van der Waals surface area contributed by atoms with Crippen molar-refractivity contribution >= 4 is 11.9 Å². The zero-order valence-corrected chi connectivity index (χ0v) is 16.4. The van der Waals surface area contributed by atoms with Crippen LogP contribution >= 0.6 is 0 Å². The fourth-order valence-corrected chi connectivity index (χ4v) is 3.86. The number of hydrogen-bond donors (Lipinski definition) is 1. The Morgan fingerprint density at radius 3 is 2.37 bits per heavy atom. The molecule has 1 atom stereocenters. The zero-order chi connectivity index (χ0) is 20.7. The first kappa shape index (κ1) is 18.2. The fourth-order valence-electron chi connectivity index (χ4n) is 3.86. The molecule has 2 aliphatic rings. The van der Waals surface area contributed by atoms with E-state index >= 15 is 0 Å². The van der Waals surface area contributed by atoms with E-state index in [1.54, 1.807) is 25.1 Å². The van der Waals surface area contributed by atoms with Crippen LogP contribution in [0.5, 0.6) is 11.5 Å². The normalized spacial score (nSPS) is 19.8. The van der Waals surface area contributed by atoms with Crippen molar-refractivity contribution < 1.29 is 19.1 Å². The Kier molecular flexibility index (Phi) is 4.20. The molecule has 0 aromatic heterocycles. The number of rotatable bonds is 4. The van der Waals surface area contributed by atoms with Crippen LogP contribution in [0.1, 0.15) is 18.1 Å². The molecular formula is C24H20N2O4. The highest BCUT2D eigenvalue weighted by Gasteiger charge is 2.49. The van der Waals surface area contributed by atoms with Gasteiger partial charge in [-0.15, -0.1) is 0 Å². The van der Waals surface area contributed by atoms with Crippen LogP contribution in [-0.2, 0) is 16.9 Å². The molecule has 1 fully saturated rings. The van der Waals surface area contributed by atoms with Gasteiger partial charge in [0.15, 0.2) is 11.5 Å². The average Bonchev–Trinajstić information content (AvgIpc) is 3.33. The molecule has 0 spiro atoms. The molecule has 2 aliphatic heterocycles. The van der Waals surface area contributed by atoms with Gasteiger partial charge in [0, 0.05) is 0 Å². The molecule has 1 N–H and O–H groups in total. The SMILES string of the molecule is C[C@]1(c2ccc3c(c2)OCO3)NC(=O)N(Cc2ccc(-c3ccccc3)cc2)C1=O. The van der Waals surface area contributed by atoms with Crippen LogP contribution in [0, 0.1) is 0 Å². The lowest BCUT2D eigenvalue weighted by Crippen LogP contribution is -2.40. The Bertz CT molecular complexity index is 1130. The highest BCUT2D eigenvalue weighted by molar-refractivity contribution is 6.07. The van der Waals surface area contributed by atoms with Crippen molar-refractivity contribution in [3.8, 4) is 22.6 Å². The number of amides is 3. The topological polar surface area (TPSA) is 67.9 Å². The van der Waals surface area contributed by atoms with Crippen molar-refractivity contribution in [1.29, 1.82) is 0 Å². The number of urea groups is 1. The number of hydrogen-bond acceptors (Lipinski definition) is 4. The minimum Gasteiger partial charge on any atom is -0.454 e. The van der Waals surface area contributed by atoms with Crippen LogP contribution in [-0.4, -0.2) is 23.6 Å². The van der Waals surface area contributed by atoms with Gasteiger partial charge in [-0.25, -0.2) is 4.79 Å². The second kappa shape index (κ2) is 6.91. The van der Waals surface area contributed by atoms with E-state index in [2.05, 4.69) is 5.32 Å². The van der Waals surface area contributed by atoms with Gasteiger partial charge in [0.25, 0.3) is 5.91 Å². The lowest BCUT2D eigenvalue weighted by Gasteiger charge is -2.22. The first-order valence-corrected chi connectivity index (χ1v) is 9.73. The number of nitrogens with zero attached hydrogens (tertiary/aromatic N) is 1. The molecule has 0 saturated carbocycles. The molecule has 30 heavy (non-hydrogen) atoms. The van der Waals surface area contributed by atoms with Crippen molar-refractivity contribution in [3.05, 3.63) is 83.9 Å². The Balaban J connectivity index is 1.37. The van der Waals surface area contributed by atoms with Crippen LogP contribution in [0.4, 0.5) is 4.79 Å². The van der Waals surface area contributed by atoms with Crippen LogP contribution in [0.2, 0.25) is 0 Å². The summed E-state index contributed by atoms with van der Waals surface area (Å²) in [5.41, 5.74) is 2.60. The van der Waals surface area contributed by atoms with E-state index in [0.717, 1.165) is 16.7 Å². The molecule has 5 rings (SSSR count). The summed E-state index contributed by atoms with van der Waals surface area (Å²) in [6, 6.07) is 22.8. The number of ether oxygens (including phenoxy) is 2. The van der Waals surface area contributed by atoms with Crippen molar-refractivity contribution in [3.63, 3.8) is 0 Å². The molecule has 1 saturated heterocycles. The highest BCUT2D eigenvalue weighted by atomic mass is 16.7. The highest BCUT2D eigenvalue weighted by Crippen LogP contribution is 2.38. The molecule has 6 nitrogen and oxygen atoms in total. The van der Waals surface area contributed by atoms with Crippen molar-refractivity contribution in [2.45, 2.75) is 19.0 Å². The first-order valence-electron chi connectivity index (χ1n) is 9.73. The van der Waals surface area contributed by atoms with Gasteiger partial charge in [-0.3, -0.25) is 9.69 Å². The van der Waals surface area contributed by atoms with Gasteiger partial charge in [0.2, 0.25) is 6.79 Å². The summed E-state index contributed by atoms with van der Waals surface area (Å²) >= 11 is 0. The van der Waals surface area contributed by atoms with Crippen molar-refractivity contribution in [1.82, 2.24) is 10.2 Å². The molecule has 3 amide bonds. The number of imide groups is 1. The van der Waals surface area contributed by atoms with Gasteiger partial charge in [-0.2, -0.15) is 0 Å². The largest absolute Gasteiger partial charge is 0.454 e. The number of carbonyl (C=O) groups excluding carboxylic acids is 2. The molecular weight excluding hydrogens is 380 g/mol. The zero-order valence-electron chi connectivity index (χ0n) is 16.4. The average molecular weight is 400 g/mol. The number of fused-ring (bicyclic) bond motifs is 1. The van der Waals surface area contributed by atoms with Crippen LogP contribution < -0.4 is 14.8 Å². The van der Waals surface area contributed by atoms with Gasteiger partial charge >= 0.3 is 6.03 Å². The summed E-state index contributed by atoms with van der Waals surface area (Å²) in [5.74, 6) is 0.915. The van der Waals surface area contributed by atoms with Crippen LogP contribution in [0.25, 0.3) is 11.1 Å². The van der Waals surface area contributed by atoms with Crippen molar-refractivity contribution in [2.24, 2.45) is 0 Å². The maximum absolute atomic E-state index is 13.2. The maximum Gasteiger partial charge on any atom is 0.325 e. The fraction of sp³-hybridized carbons (Fsp3) is 0.167. The molecule has 150 valence electrons. The molecule has 6 heteroatoms. The second-order valence-electron chi connectivity index (χ2n) is 7.58. The minimum absolute atomic E-state index is 0.154. The summed E-state index contributed by atoms with van der Waals surface area (Å²) in [5, 5.41) is 2.84. The first-order chi connectivity index (χ1) is 14.5. The Labute approximate surface area is 174 Å². The van der Waals surface area contributed by atoms with E-state index in [4.69, 9.17) is 9.47 Å². The predicted molar refractivity (Wildman–Crippen MR) is 111 cm³/mol. The standard InChI is InChI=1S/C24H20N2O4/c1-24(19-11-12-20-21(13-19)30-15-29-20)22(27)26(23(28)25-24)14-16-7-9-18(10-8-16)17-5-3-2-4-6-17/h2-13H,14-15H2,1H3,(H,25,28)/t24-/m1/s1. The third-order valence-electron chi connectivity index (χ3n) is 5.63. The minimum atomic E-state index is -1.15. The molecule has 0 bridgehead atoms. The summed E-state index contributed by atoms with van der Waals surface area (Å²) in [4.78, 5) is 27.1. The summed E-state index contributed by atoms with van der Waals surface area (Å²) in [6.45, 7) is 2.07. The monoisotopic (exact) mass is 400 g/mol. The third kappa shape index (κ3) is 2.97. The summed E-state index contributed by atoms with van der Waals surface area (Å²) in [6.07, 6.45) is 0. The second-order valence-corrected chi connectivity index (χ2v) is 7.58. The predicted octanol–water partition coefficient (Wildman–Crippen LogP) is 4.05. The number of nitrogens with one attached hydrogen (secondary N) is 1. The van der Waals surface area contributed by atoms with Gasteiger partial charge in [-0.05, 0) is 41.3 Å². The quantitative estimate of drug-likeness (QED) is 0.671. The Morgan fingerprint density at radius 2 is 1.60 bits per heavy atom.